The highest BCUT2D eigenvalue weighted by Crippen LogP contribution is 2.30. The number of urea groups is 1. The molecule has 3 rings (SSSR count). The minimum atomic E-state index is 0.0144. The summed E-state index contributed by atoms with van der Waals surface area (Å²) in [4.78, 5) is 31.9. The van der Waals surface area contributed by atoms with Gasteiger partial charge in [0.05, 0.1) is 19.3 Å². The molecule has 1 atom stereocenters. The summed E-state index contributed by atoms with van der Waals surface area (Å²) >= 11 is 0. The molecule has 3 fully saturated rings. The van der Waals surface area contributed by atoms with Crippen LogP contribution in [0, 0.1) is 11.8 Å². The number of nitrogens with one attached hydrogen (secondary N) is 1. The number of hydrogen-bond donors (Lipinski definition) is 1. The van der Waals surface area contributed by atoms with Crippen molar-refractivity contribution in [3.05, 3.63) is 0 Å². The molecular weight excluding hydrogens is 356 g/mol. The normalized spacial score (nSPS) is 23.7. The average Bonchev–Trinajstić information content (AvgIpc) is 3.12. The van der Waals surface area contributed by atoms with Crippen molar-refractivity contribution in [2.45, 2.75) is 52.0 Å². The predicted octanol–water partition coefficient (Wildman–Crippen LogP) is 1.78. The molecule has 3 amide bonds. The fourth-order valence-electron chi connectivity index (χ4n) is 4.24. The number of ether oxygens (including phenoxy) is 1. The number of rotatable bonds is 8. The zero-order valence-corrected chi connectivity index (χ0v) is 17.7. The highest BCUT2D eigenvalue weighted by molar-refractivity contribution is 5.80. The lowest BCUT2D eigenvalue weighted by Gasteiger charge is -2.36. The van der Waals surface area contributed by atoms with Crippen molar-refractivity contribution in [1.29, 1.82) is 0 Å². The van der Waals surface area contributed by atoms with E-state index < -0.39 is 0 Å². The zero-order chi connectivity index (χ0) is 19.9. The molecule has 1 N–H and O–H groups in total. The Morgan fingerprint density at radius 1 is 1.14 bits per heavy atom. The third-order valence-corrected chi connectivity index (χ3v) is 6.27. The number of hydrogen-bond acceptors (Lipinski definition) is 4. The first-order valence-corrected chi connectivity index (χ1v) is 11.2. The molecule has 0 aromatic carbocycles. The van der Waals surface area contributed by atoms with E-state index in [9.17, 15) is 9.59 Å². The first kappa shape index (κ1) is 21.4. The maximum Gasteiger partial charge on any atom is 0.317 e. The van der Waals surface area contributed by atoms with Gasteiger partial charge in [-0.25, -0.2) is 4.79 Å². The highest BCUT2D eigenvalue weighted by atomic mass is 16.5. The van der Waals surface area contributed by atoms with E-state index in [0.717, 1.165) is 71.6 Å². The van der Waals surface area contributed by atoms with Gasteiger partial charge in [0.2, 0.25) is 5.91 Å². The zero-order valence-electron chi connectivity index (χ0n) is 17.7. The minimum Gasteiger partial charge on any atom is -0.379 e. The van der Waals surface area contributed by atoms with Crippen molar-refractivity contribution in [1.82, 2.24) is 20.0 Å². The molecule has 2 heterocycles. The topological polar surface area (TPSA) is 65.1 Å². The largest absolute Gasteiger partial charge is 0.379 e. The van der Waals surface area contributed by atoms with E-state index in [1.807, 2.05) is 4.90 Å². The molecule has 7 heteroatoms. The number of amides is 3. The van der Waals surface area contributed by atoms with Crippen molar-refractivity contribution in [3.8, 4) is 0 Å². The summed E-state index contributed by atoms with van der Waals surface area (Å²) in [6.07, 6.45) is 5.13. The van der Waals surface area contributed by atoms with Gasteiger partial charge in [-0.05, 0) is 31.6 Å². The van der Waals surface area contributed by atoms with Gasteiger partial charge < -0.3 is 19.9 Å². The molecule has 0 spiro atoms. The number of nitrogens with zero attached hydrogens (tertiary/aromatic N) is 3. The molecule has 2 saturated heterocycles. The summed E-state index contributed by atoms with van der Waals surface area (Å²) < 4.78 is 5.42. The number of morpholine rings is 1. The summed E-state index contributed by atoms with van der Waals surface area (Å²) in [5.41, 5.74) is 0. The van der Waals surface area contributed by atoms with Gasteiger partial charge in [-0.15, -0.1) is 0 Å². The van der Waals surface area contributed by atoms with Gasteiger partial charge in [0.25, 0.3) is 0 Å². The van der Waals surface area contributed by atoms with Crippen molar-refractivity contribution < 1.29 is 14.3 Å². The van der Waals surface area contributed by atoms with Gasteiger partial charge in [0.15, 0.2) is 0 Å². The molecule has 1 saturated carbocycles. The van der Waals surface area contributed by atoms with Crippen LogP contribution in [0.15, 0.2) is 0 Å². The van der Waals surface area contributed by atoms with Crippen LogP contribution in [0.2, 0.25) is 0 Å². The molecule has 0 aromatic rings. The van der Waals surface area contributed by atoms with E-state index in [4.69, 9.17) is 4.74 Å². The summed E-state index contributed by atoms with van der Waals surface area (Å²) in [6.45, 7) is 11.7. The van der Waals surface area contributed by atoms with E-state index in [1.165, 1.54) is 6.42 Å². The fraction of sp³-hybridized carbons (Fsp3) is 0.905. The highest BCUT2D eigenvalue weighted by Gasteiger charge is 2.37. The Balaban J connectivity index is 1.51. The molecule has 0 bridgehead atoms. The van der Waals surface area contributed by atoms with Gasteiger partial charge in [0.1, 0.15) is 0 Å². The van der Waals surface area contributed by atoms with E-state index >= 15 is 0 Å². The smallest absolute Gasteiger partial charge is 0.317 e. The first-order chi connectivity index (χ1) is 13.5. The van der Waals surface area contributed by atoms with E-state index in [2.05, 4.69) is 29.0 Å². The summed E-state index contributed by atoms with van der Waals surface area (Å²) in [5.74, 6) is 0.981. The van der Waals surface area contributed by atoms with Crippen LogP contribution < -0.4 is 5.32 Å². The summed E-state index contributed by atoms with van der Waals surface area (Å²) in [7, 11) is 0. The van der Waals surface area contributed by atoms with Crippen LogP contribution >= 0.6 is 0 Å². The SMILES string of the molecule is CC(C)CNC(=O)N1CCC(N(CCCN2CCOCC2)C(=O)C2CCC2)C1. The maximum atomic E-state index is 13.1. The number of carbonyl (C=O) groups is 2. The Labute approximate surface area is 169 Å². The van der Waals surface area contributed by atoms with Crippen molar-refractivity contribution >= 4 is 11.9 Å². The van der Waals surface area contributed by atoms with Crippen LogP contribution in [0.3, 0.4) is 0 Å². The number of carbonyl (C=O) groups excluding carboxylic acids is 2. The molecule has 3 aliphatic rings. The standard InChI is InChI=1S/C21H38N4O3/c1-17(2)15-22-21(27)24-10-7-19(16-24)25(20(26)18-5-3-6-18)9-4-8-23-11-13-28-14-12-23/h17-19H,3-16H2,1-2H3,(H,22,27). The Hall–Kier alpha value is -1.34. The van der Waals surface area contributed by atoms with Crippen LogP contribution in [-0.4, -0.2) is 91.7 Å². The lowest BCUT2D eigenvalue weighted by molar-refractivity contribution is -0.140. The lowest BCUT2D eigenvalue weighted by atomic mass is 9.84. The van der Waals surface area contributed by atoms with Crippen LogP contribution in [0.1, 0.15) is 46.0 Å². The van der Waals surface area contributed by atoms with Gasteiger partial charge in [0, 0.05) is 51.7 Å². The monoisotopic (exact) mass is 394 g/mol. The molecule has 0 radical (unpaired) electrons. The van der Waals surface area contributed by atoms with E-state index in [1.54, 1.807) is 0 Å². The van der Waals surface area contributed by atoms with Gasteiger partial charge in [-0.3, -0.25) is 9.69 Å². The lowest BCUT2D eigenvalue weighted by Crippen LogP contribution is -2.48. The molecule has 1 unspecified atom stereocenters. The third-order valence-electron chi connectivity index (χ3n) is 6.27. The second-order valence-electron chi connectivity index (χ2n) is 8.94. The number of likely N-dealkylation sites (tertiary alicyclic amines) is 1. The Bertz CT molecular complexity index is 518. The quantitative estimate of drug-likeness (QED) is 0.682. The Morgan fingerprint density at radius 2 is 1.89 bits per heavy atom. The Kier molecular flexibility index (Phi) is 7.97. The molecular formula is C21H38N4O3. The van der Waals surface area contributed by atoms with Crippen LogP contribution in [0.5, 0.6) is 0 Å². The maximum absolute atomic E-state index is 13.1. The van der Waals surface area contributed by atoms with Crippen LogP contribution in [0.4, 0.5) is 4.79 Å². The second kappa shape index (κ2) is 10.4. The van der Waals surface area contributed by atoms with E-state index in [-0.39, 0.29) is 18.0 Å². The predicted molar refractivity (Wildman–Crippen MR) is 109 cm³/mol. The first-order valence-electron chi connectivity index (χ1n) is 11.2. The van der Waals surface area contributed by atoms with Gasteiger partial charge in [-0.1, -0.05) is 20.3 Å². The molecule has 1 aliphatic carbocycles. The molecule has 2 aliphatic heterocycles. The minimum absolute atomic E-state index is 0.0144. The average molecular weight is 395 g/mol. The van der Waals surface area contributed by atoms with Crippen molar-refractivity contribution in [2.75, 3.05) is 59.0 Å². The summed E-state index contributed by atoms with van der Waals surface area (Å²) in [6, 6.07) is 0.183. The van der Waals surface area contributed by atoms with Crippen LogP contribution in [0.25, 0.3) is 0 Å². The van der Waals surface area contributed by atoms with E-state index in [0.29, 0.717) is 24.9 Å². The van der Waals surface area contributed by atoms with Crippen molar-refractivity contribution in [2.24, 2.45) is 11.8 Å². The van der Waals surface area contributed by atoms with Gasteiger partial charge >= 0.3 is 6.03 Å². The second-order valence-corrected chi connectivity index (χ2v) is 8.94. The third kappa shape index (κ3) is 5.83. The molecule has 0 aromatic heterocycles. The fourth-order valence-corrected chi connectivity index (χ4v) is 4.24. The Morgan fingerprint density at radius 3 is 2.54 bits per heavy atom. The molecule has 7 nitrogen and oxygen atoms in total. The molecule has 160 valence electrons. The van der Waals surface area contributed by atoms with Gasteiger partial charge in [-0.2, -0.15) is 0 Å². The van der Waals surface area contributed by atoms with Crippen LogP contribution in [-0.2, 0) is 9.53 Å². The molecule has 28 heavy (non-hydrogen) atoms. The van der Waals surface area contributed by atoms with Crippen molar-refractivity contribution in [3.63, 3.8) is 0 Å². The summed E-state index contributed by atoms with van der Waals surface area (Å²) in [5, 5.41) is 3.01.